The molecule has 5 rings (SSSR count). The highest BCUT2D eigenvalue weighted by atomic mass is 31.2. The maximum absolute atomic E-state index is 13.8. The van der Waals surface area contributed by atoms with E-state index < -0.39 is 38.1 Å². The van der Waals surface area contributed by atoms with Crippen molar-refractivity contribution in [3.05, 3.63) is 144 Å². The van der Waals surface area contributed by atoms with Gasteiger partial charge in [0.2, 0.25) is 0 Å². The lowest BCUT2D eigenvalue weighted by molar-refractivity contribution is -0.132. The van der Waals surface area contributed by atoms with Gasteiger partial charge in [-0.15, -0.1) is 0 Å². The summed E-state index contributed by atoms with van der Waals surface area (Å²) in [6.45, 7) is -0.771. The van der Waals surface area contributed by atoms with Crippen molar-refractivity contribution < 1.29 is 28.1 Å². The standard InChI is InChI=1S/C30H27N2O6P/c33-28-30(25-17-9-3-10-18-25,26-19-11-4-12-20-26)31-29(34)32(28)22-37-39(35,36)38-27(24-15-7-2-8-16-24)21-23-13-5-1-6-14-23/h1-20,27H,21-22H2,(H,31,34)(H,35,36). The Morgan fingerprint density at radius 1 is 0.769 bits per heavy atom. The summed E-state index contributed by atoms with van der Waals surface area (Å²) in [5, 5.41) is 2.78. The lowest BCUT2D eigenvalue weighted by atomic mass is 9.83. The first-order chi connectivity index (χ1) is 18.9. The summed E-state index contributed by atoms with van der Waals surface area (Å²) in [7, 11) is -4.72. The molecule has 198 valence electrons. The number of imide groups is 1. The van der Waals surface area contributed by atoms with Gasteiger partial charge in [-0.05, 0) is 22.3 Å². The van der Waals surface area contributed by atoms with Crippen LogP contribution in [0, 0.1) is 0 Å². The van der Waals surface area contributed by atoms with Gasteiger partial charge in [-0.3, -0.25) is 13.8 Å². The molecular formula is C30H27N2O6P. The molecule has 0 bridgehead atoms. The summed E-state index contributed by atoms with van der Waals surface area (Å²) in [6, 6.07) is 35.3. The molecule has 3 amide bonds. The Morgan fingerprint density at radius 2 is 1.26 bits per heavy atom. The minimum atomic E-state index is -4.72. The minimum absolute atomic E-state index is 0.313. The van der Waals surface area contributed by atoms with Crippen molar-refractivity contribution in [1.29, 1.82) is 0 Å². The number of amides is 3. The number of carbonyl (C=O) groups excluding carboxylic acids is 2. The van der Waals surface area contributed by atoms with E-state index in [2.05, 4.69) is 5.32 Å². The average Bonchev–Trinajstić information content (AvgIpc) is 3.23. The number of phosphoric acid groups is 1. The first kappa shape index (κ1) is 26.5. The fraction of sp³-hybridized carbons (Fsp3) is 0.133. The third-order valence-electron chi connectivity index (χ3n) is 6.56. The van der Waals surface area contributed by atoms with Crippen LogP contribution < -0.4 is 5.32 Å². The smallest absolute Gasteiger partial charge is 0.315 e. The fourth-order valence-electron chi connectivity index (χ4n) is 4.66. The molecule has 2 unspecified atom stereocenters. The third kappa shape index (κ3) is 5.70. The number of nitrogens with one attached hydrogen (secondary N) is 1. The average molecular weight is 543 g/mol. The molecule has 0 radical (unpaired) electrons. The largest absolute Gasteiger partial charge is 0.474 e. The molecule has 0 aromatic heterocycles. The van der Waals surface area contributed by atoms with Gasteiger partial charge >= 0.3 is 13.9 Å². The van der Waals surface area contributed by atoms with E-state index in [0.29, 0.717) is 23.1 Å². The maximum atomic E-state index is 13.8. The predicted molar refractivity (Wildman–Crippen MR) is 145 cm³/mol. The van der Waals surface area contributed by atoms with E-state index in [4.69, 9.17) is 9.05 Å². The lowest BCUT2D eigenvalue weighted by Gasteiger charge is -2.28. The van der Waals surface area contributed by atoms with Crippen molar-refractivity contribution in [2.45, 2.75) is 18.1 Å². The highest BCUT2D eigenvalue weighted by molar-refractivity contribution is 7.47. The van der Waals surface area contributed by atoms with Crippen molar-refractivity contribution in [3.63, 3.8) is 0 Å². The van der Waals surface area contributed by atoms with Gasteiger partial charge in [0.05, 0.1) is 6.10 Å². The number of benzene rings is 4. The van der Waals surface area contributed by atoms with Crippen LogP contribution >= 0.6 is 7.82 Å². The highest BCUT2D eigenvalue weighted by Gasteiger charge is 2.54. The molecule has 2 atom stereocenters. The molecule has 8 nitrogen and oxygen atoms in total. The van der Waals surface area contributed by atoms with Crippen molar-refractivity contribution in [3.8, 4) is 0 Å². The molecule has 1 fully saturated rings. The molecule has 39 heavy (non-hydrogen) atoms. The van der Waals surface area contributed by atoms with Gasteiger partial charge in [0, 0.05) is 6.42 Å². The van der Waals surface area contributed by atoms with Crippen molar-refractivity contribution in [2.24, 2.45) is 0 Å². The third-order valence-corrected chi connectivity index (χ3v) is 7.53. The topological polar surface area (TPSA) is 105 Å². The van der Waals surface area contributed by atoms with Gasteiger partial charge < -0.3 is 10.2 Å². The number of carbonyl (C=O) groups is 2. The van der Waals surface area contributed by atoms with Crippen LogP contribution in [-0.4, -0.2) is 28.5 Å². The van der Waals surface area contributed by atoms with Gasteiger partial charge in [-0.2, -0.15) is 0 Å². The van der Waals surface area contributed by atoms with Crippen LogP contribution in [0.2, 0.25) is 0 Å². The second-order valence-corrected chi connectivity index (χ2v) is 10.5. The molecular weight excluding hydrogens is 515 g/mol. The molecule has 0 saturated carbocycles. The van der Waals surface area contributed by atoms with E-state index in [-0.39, 0.29) is 0 Å². The second-order valence-electron chi connectivity index (χ2n) is 9.07. The number of rotatable bonds is 10. The Kier molecular flexibility index (Phi) is 7.72. The molecule has 1 saturated heterocycles. The van der Waals surface area contributed by atoms with Crippen LogP contribution in [0.15, 0.2) is 121 Å². The maximum Gasteiger partial charge on any atom is 0.474 e. The zero-order chi connectivity index (χ0) is 27.3. The summed E-state index contributed by atoms with van der Waals surface area (Å²) < 4.78 is 23.9. The SMILES string of the molecule is O=C1NC(c2ccccc2)(c2ccccc2)C(=O)N1COP(=O)(O)OC(Cc1ccccc1)c1ccccc1. The van der Waals surface area contributed by atoms with E-state index in [1.165, 1.54) is 0 Å². The quantitative estimate of drug-likeness (QED) is 0.201. The van der Waals surface area contributed by atoms with Crippen molar-refractivity contribution >= 4 is 19.8 Å². The van der Waals surface area contributed by atoms with Crippen LogP contribution in [0.5, 0.6) is 0 Å². The number of hydrogen-bond acceptors (Lipinski definition) is 5. The normalized spacial score (nSPS) is 16.9. The number of phosphoric ester groups is 1. The molecule has 2 N–H and O–H groups in total. The lowest BCUT2D eigenvalue weighted by Crippen LogP contribution is -2.45. The summed E-state index contributed by atoms with van der Waals surface area (Å²) in [5.41, 5.74) is 1.17. The molecule has 9 heteroatoms. The van der Waals surface area contributed by atoms with Crippen molar-refractivity contribution in [1.82, 2.24) is 10.2 Å². The molecule has 1 heterocycles. The Morgan fingerprint density at radius 3 is 1.79 bits per heavy atom. The predicted octanol–water partition coefficient (Wildman–Crippen LogP) is 5.56. The monoisotopic (exact) mass is 542 g/mol. The second kappa shape index (κ2) is 11.4. The first-order valence-corrected chi connectivity index (χ1v) is 13.9. The zero-order valence-corrected chi connectivity index (χ0v) is 21.8. The van der Waals surface area contributed by atoms with Gasteiger partial charge in [-0.25, -0.2) is 14.3 Å². The summed E-state index contributed by atoms with van der Waals surface area (Å²) >= 11 is 0. The number of urea groups is 1. The highest BCUT2D eigenvalue weighted by Crippen LogP contribution is 2.49. The number of nitrogens with zero attached hydrogens (tertiary/aromatic N) is 1. The molecule has 4 aromatic carbocycles. The molecule has 1 aliphatic heterocycles. The fourth-order valence-corrected chi connectivity index (χ4v) is 5.50. The molecule has 0 aliphatic carbocycles. The van der Waals surface area contributed by atoms with Gasteiger partial charge in [0.1, 0.15) is 6.73 Å². The van der Waals surface area contributed by atoms with Crippen molar-refractivity contribution in [2.75, 3.05) is 6.73 Å². The molecule has 1 aliphatic rings. The first-order valence-electron chi connectivity index (χ1n) is 12.4. The van der Waals surface area contributed by atoms with Gasteiger partial charge in [0.25, 0.3) is 5.91 Å². The van der Waals surface area contributed by atoms with Crippen LogP contribution in [0.1, 0.15) is 28.4 Å². The molecule has 0 spiro atoms. The minimum Gasteiger partial charge on any atom is -0.315 e. The van der Waals surface area contributed by atoms with Gasteiger partial charge in [-0.1, -0.05) is 121 Å². The van der Waals surface area contributed by atoms with Gasteiger partial charge in [0.15, 0.2) is 5.54 Å². The number of hydrogen-bond donors (Lipinski definition) is 2. The van der Waals surface area contributed by atoms with E-state index >= 15 is 0 Å². The van der Waals surface area contributed by atoms with Crippen LogP contribution in [0.3, 0.4) is 0 Å². The summed E-state index contributed by atoms with van der Waals surface area (Å²) in [5.74, 6) is -0.631. The summed E-state index contributed by atoms with van der Waals surface area (Å²) in [6.07, 6.45) is -0.493. The Labute approximate surface area is 226 Å². The van der Waals surface area contributed by atoms with E-state index in [1.807, 2.05) is 48.5 Å². The molecule has 4 aromatic rings. The Balaban J connectivity index is 1.36. The zero-order valence-electron chi connectivity index (χ0n) is 20.9. The van der Waals surface area contributed by atoms with E-state index in [1.54, 1.807) is 72.8 Å². The van der Waals surface area contributed by atoms with E-state index in [9.17, 15) is 19.0 Å². The van der Waals surface area contributed by atoms with Crippen LogP contribution in [0.4, 0.5) is 4.79 Å². The van der Waals surface area contributed by atoms with E-state index in [0.717, 1.165) is 10.5 Å². The van der Waals surface area contributed by atoms with Crippen LogP contribution in [0.25, 0.3) is 0 Å². The summed E-state index contributed by atoms with van der Waals surface area (Å²) in [4.78, 5) is 38.3. The Hall–Kier alpha value is -4.07. The Bertz CT molecular complexity index is 1430. The van der Waals surface area contributed by atoms with Crippen LogP contribution in [-0.2, 0) is 30.4 Å².